The van der Waals surface area contributed by atoms with Crippen molar-refractivity contribution in [3.05, 3.63) is 27.7 Å². The lowest BCUT2D eigenvalue weighted by Crippen LogP contribution is -2.23. The van der Waals surface area contributed by atoms with Crippen molar-refractivity contribution < 1.29 is 4.74 Å². The van der Waals surface area contributed by atoms with Crippen molar-refractivity contribution in [2.45, 2.75) is 20.3 Å². The molecule has 1 rings (SSSR count). The number of benzene rings is 1. The van der Waals surface area contributed by atoms with Crippen molar-refractivity contribution in [3.63, 3.8) is 0 Å². The molecule has 0 aliphatic carbocycles. The number of ether oxygens (including phenoxy) is 1. The van der Waals surface area contributed by atoms with Crippen LogP contribution in [-0.4, -0.2) is 19.7 Å². The Morgan fingerprint density at radius 3 is 2.82 bits per heavy atom. The molecule has 0 atom stereocenters. The molecule has 0 unspecified atom stereocenters. The predicted molar refractivity (Wildman–Crippen MR) is 77.0 cm³/mol. The van der Waals surface area contributed by atoms with E-state index in [1.165, 1.54) is 6.42 Å². The summed E-state index contributed by atoms with van der Waals surface area (Å²) < 4.78 is 6.58. The fourth-order valence-corrected chi connectivity index (χ4v) is 1.85. The molecule has 0 fully saturated rings. The molecular formula is C13H19BrClNO. The molecule has 4 heteroatoms. The van der Waals surface area contributed by atoms with E-state index in [0.29, 0.717) is 11.6 Å². The molecule has 0 heterocycles. The third kappa shape index (κ3) is 6.29. The van der Waals surface area contributed by atoms with Gasteiger partial charge in [-0.1, -0.05) is 41.4 Å². The van der Waals surface area contributed by atoms with Crippen LogP contribution in [0.4, 0.5) is 0 Å². The van der Waals surface area contributed by atoms with Gasteiger partial charge in [0.15, 0.2) is 0 Å². The second kappa shape index (κ2) is 7.96. The Morgan fingerprint density at radius 1 is 1.35 bits per heavy atom. The van der Waals surface area contributed by atoms with Gasteiger partial charge in [-0.15, -0.1) is 0 Å². The van der Waals surface area contributed by atoms with Gasteiger partial charge in [0.25, 0.3) is 0 Å². The van der Waals surface area contributed by atoms with Gasteiger partial charge in [-0.2, -0.15) is 0 Å². The molecule has 0 aliphatic heterocycles. The first-order chi connectivity index (χ1) is 8.09. The quantitative estimate of drug-likeness (QED) is 0.763. The average Bonchev–Trinajstić information content (AvgIpc) is 2.27. The highest BCUT2D eigenvalue weighted by atomic mass is 79.9. The topological polar surface area (TPSA) is 21.3 Å². The molecule has 0 amide bonds. The van der Waals surface area contributed by atoms with Crippen LogP contribution in [-0.2, 0) is 0 Å². The van der Waals surface area contributed by atoms with Gasteiger partial charge in [0.05, 0.1) is 5.02 Å². The zero-order valence-electron chi connectivity index (χ0n) is 10.3. The summed E-state index contributed by atoms with van der Waals surface area (Å²) in [5.74, 6) is 1.47. The van der Waals surface area contributed by atoms with Gasteiger partial charge < -0.3 is 10.1 Å². The van der Waals surface area contributed by atoms with E-state index in [1.807, 2.05) is 18.2 Å². The fourth-order valence-electron chi connectivity index (χ4n) is 1.34. The zero-order chi connectivity index (χ0) is 12.7. The molecule has 96 valence electrons. The smallest absolute Gasteiger partial charge is 0.139 e. The maximum absolute atomic E-state index is 6.01. The summed E-state index contributed by atoms with van der Waals surface area (Å²) in [6.07, 6.45) is 1.19. The largest absolute Gasteiger partial charge is 0.491 e. The minimum Gasteiger partial charge on any atom is -0.491 e. The normalized spacial score (nSPS) is 10.9. The van der Waals surface area contributed by atoms with Gasteiger partial charge in [0.1, 0.15) is 12.4 Å². The molecule has 0 aromatic heterocycles. The molecule has 0 radical (unpaired) electrons. The highest BCUT2D eigenvalue weighted by Gasteiger charge is 2.01. The highest BCUT2D eigenvalue weighted by Crippen LogP contribution is 2.27. The van der Waals surface area contributed by atoms with Crippen LogP contribution in [0.2, 0.25) is 5.02 Å². The lowest BCUT2D eigenvalue weighted by Gasteiger charge is -2.10. The number of halogens is 2. The summed E-state index contributed by atoms with van der Waals surface area (Å²) in [6, 6.07) is 5.61. The lowest BCUT2D eigenvalue weighted by atomic mass is 10.1. The first kappa shape index (κ1) is 14.8. The fraction of sp³-hybridized carbons (Fsp3) is 0.538. The molecule has 0 spiro atoms. The van der Waals surface area contributed by atoms with Crippen LogP contribution in [0.3, 0.4) is 0 Å². The molecule has 0 bridgehead atoms. The molecule has 2 nitrogen and oxygen atoms in total. The van der Waals surface area contributed by atoms with Crippen LogP contribution in [0.25, 0.3) is 0 Å². The minimum absolute atomic E-state index is 0.633. The Labute approximate surface area is 117 Å². The van der Waals surface area contributed by atoms with Crippen molar-refractivity contribution in [2.75, 3.05) is 19.7 Å². The molecule has 1 aromatic rings. The SMILES string of the molecule is CC(C)CCNCCOc1cc(Br)ccc1Cl. The summed E-state index contributed by atoms with van der Waals surface area (Å²) in [4.78, 5) is 0. The van der Waals surface area contributed by atoms with Crippen LogP contribution >= 0.6 is 27.5 Å². The molecule has 0 saturated carbocycles. The van der Waals surface area contributed by atoms with Gasteiger partial charge >= 0.3 is 0 Å². The summed E-state index contributed by atoms with van der Waals surface area (Å²) in [6.45, 7) is 6.95. The summed E-state index contributed by atoms with van der Waals surface area (Å²) in [7, 11) is 0. The zero-order valence-corrected chi connectivity index (χ0v) is 12.6. The third-order valence-electron chi connectivity index (χ3n) is 2.33. The molecular weight excluding hydrogens is 302 g/mol. The van der Waals surface area contributed by atoms with Gasteiger partial charge in [0.2, 0.25) is 0 Å². The van der Waals surface area contributed by atoms with E-state index in [2.05, 4.69) is 35.1 Å². The van der Waals surface area contributed by atoms with E-state index in [4.69, 9.17) is 16.3 Å². The summed E-state index contributed by atoms with van der Waals surface area (Å²) in [5.41, 5.74) is 0. The van der Waals surface area contributed by atoms with Crippen LogP contribution in [0.5, 0.6) is 5.75 Å². The van der Waals surface area contributed by atoms with E-state index in [-0.39, 0.29) is 0 Å². The van der Waals surface area contributed by atoms with Crippen molar-refractivity contribution in [3.8, 4) is 5.75 Å². The molecule has 0 saturated heterocycles. The number of rotatable bonds is 7. The van der Waals surface area contributed by atoms with Gasteiger partial charge in [0, 0.05) is 11.0 Å². The third-order valence-corrected chi connectivity index (χ3v) is 3.13. The Morgan fingerprint density at radius 2 is 2.12 bits per heavy atom. The van der Waals surface area contributed by atoms with Crippen molar-refractivity contribution in [1.82, 2.24) is 5.32 Å². The average molecular weight is 321 g/mol. The predicted octanol–water partition coefficient (Wildman–Crippen LogP) is 4.12. The van der Waals surface area contributed by atoms with Crippen LogP contribution in [0, 0.1) is 5.92 Å². The Hall–Kier alpha value is -0.250. The molecule has 0 aliphatic rings. The van der Waals surface area contributed by atoms with Gasteiger partial charge in [-0.05, 0) is 37.1 Å². The standard InChI is InChI=1S/C13H19BrClNO/c1-10(2)5-6-16-7-8-17-13-9-11(14)3-4-12(13)15/h3-4,9-10,16H,5-8H2,1-2H3. The van der Waals surface area contributed by atoms with Crippen LogP contribution in [0.15, 0.2) is 22.7 Å². The summed E-state index contributed by atoms with van der Waals surface area (Å²) in [5, 5.41) is 3.99. The van der Waals surface area contributed by atoms with Crippen LogP contribution < -0.4 is 10.1 Å². The number of hydrogen-bond acceptors (Lipinski definition) is 2. The monoisotopic (exact) mass is 319 g/mol. The summed E-state index contributed by atoms with van der Waals surface area (Å²) >= 11 is 9.40. The second-order valence-electron chi connectivity index (χ2n) is 4.36. The van der Waals surface area contributed by atoms with E-state index in [1.54, 1.807) is 0 Å². The molecule has 1 N–H and O–H groups in total. The maximum atomic E-state index is 6.01. The Kier molecular flexibility index (Phi) is 6.93. The minimum atomic E-state index is 0.633. The van der Waals surface area contributed by atoms with Crippen LogP contribution in [0.1, 0.15) is 20.3 Å². The van der Waals surface area contributed by atoms with E-state index in [9.17, 15) is 0 Å². The highest BCUT2D eigenvalue weighted by molar-refractivity contribution is 9.10. The second-order valence-corrected chi connectivity index (χ2v) is 5.68. The number of hydrogen-bond donors (Lipinski definition) is 1. The molecule has 17 heavy (non-hydrogen) atoms. The van der Waals surface area contributed by atoms with Crippen molar-refractivity contribution in [2.24, 2.45) is 5.92 Å². The Balaban J connectivity index is 2.20. The lowest BCUT2D eigenvalue weighted by molar-refractivity contribution is 0.312. The number of nitrogens with one attached hydrogen (secondary N) is 1. The van der Waals surface area contributed by atoms with Gasteiger partial charge in [-0.3, -0.25) is 0 Å². The van der Waals surface area contributed by atoms with Crippen molar-refractivity contribution >= 4 is 27.5 Å². The van der Waals surface area contributed by atoms with E-state index < -0.39 is 0 Å². The molecule has 1 aromatic carbocycles. The van der Waals surface area contributed by atoms with E-state index >= 15 is 0 Å². The first-order valence-electron chi connectivity index (χ1n) is 5.88. The van der Waals surface area contributed by atoms with E-state index in [0.717, 1.165) is 29.2 Å². The van der Waals surface area contributed by atoms with Gasteiger partial charge in [-0.25, -0.2) is 0 Å². The van der Waals surface area contributed by atoms with Crippen molar-refractivity contribution in [1.29, 1.82) is 0 Å². The maximum Gasteiger partial charge on any atom is 0.139 e. The Bertz CT molecular complexity index is 344. The first-order valence-corrected chi connectivity index (χ1v) is 7.05.